The van der Waals surface area contributed by atoms with E-state index in [0.717, 1.165) is 16.5 Å². The minimum Gasteiger partial charge on any atom is -0.481 e. The van der Waals surface area contributed by atoms with E-state index >= 15 is 0 Å². The first-order chi connectivity index (χ1) is 30.2. The van der Waals surface area contributed by atoms with Crippen LogP contribution < -0.4 is 43.4 Å². The van der Waals surface area contributed by atoms with E-state index in [0.29, 0.717) is 12.0 Å². The number of aromatic amines is 1. The molecule has 5 rings (SSSR count). The van der Waals surface area contributed by atoms with Crippen LogP contribution in [0.4, 0.5) is 0 Å². The molecule has 7 amide bonds. The molecule has 6 atom stereocenters. The lowest BCUT2D eigenvalue weighted by atomic mass is 10.0. The zero-order valence-electron chi connectivity index (χ0n) is 35.2. The Balaban J connectivity index is 1.47. The predicted molar refractivity (Wildman–Crippen MR) is 231 cm³/mol. The number of benzene rings is 2. The van der Waals surface area contributed by atoms with Gasteiger partial charge in [0.1, 0.15) is 36.3 Å². The van der Waals surface area contributed by atoms with Gasteiger partial charge in [0.25, 0.3) is 0 Å². The second kappa shape index (κ2) is 22.7. The van der Waals surface area contributed by atoms with E-state index in [1.807, 2.05) is 30.3 Å². The number of hydrogen-bond acceptors (Lipinski definition) is 9. The topological polar surface area (TPSA) is 312 Å². The molecular formula is C43H57N11O9. The molecule has 63 heavy (non-hydrogen) atoms. The van der Waals surface area contributed by atoms with Crippen LogP contribution in [0, 0.1) is 0 Å². The second-order valence-corrected chi connectivity index (χ2v) is 15.8. The predicted octanol–water partition coefficient (Wildman–Crippen LogP) is -0.784. The monoisotopic (exact) mass is 871 g/mol. The lowest BCUT2D eigenvalue weighted by Crippen LogP contribution is -2.60. The number of nitrogens with zero attached hydrogens (tertiary/aromatic N) is 2. The molecule has 2 aliphatic rings. The van der Waals surface area contributed by atoms with Crippen molar-refractivity contribution in [2.24, 2.45) is 16.5 Å². The number of para-hydroxylation sites is 1. The number of fused-ring (bicyclic) bond motifs is 2. The highest BCUT2D eigenvalue weighted by Crippen LogP contribution is 2.22. The number of aliphatic imine (C=N–C) groups is 1. The average Bonchev–Trinajstić information content (AvgIpc) is 3.91. The summed E-state index contributed by atoms with van der Waals surface area (Å²) in [6.07, 6.45) is 2.05. The highest BCUT2D eigenvalue weighted by atomic mass is 16.4. The summed E-state index contributed by atoms with van der Waals surface area (Å²) in [4.78, 5) is 117. The lowest BCUT2D eigenvalue weighted by molar-refractivity contribution is -0.143. The number of aromatic nitrogens is 1. The molecule has 338 valence electrons. The molecule has 0 aliphatic carbocycles. The van der Waals surface area contributed by atoms with Crippen LogP contribution >= 0.6 is 0 Å². The Morgan fingerprint density at radius 2 is 1.54 bits per heavy atom. The third-order valence-electron chi connectivity index (χ3n) is 11.0. The Hall–Kier alpha value is -6.99. The standard InChI is InChI=1S/C43H57N11O9/c1-25(55)49-33(22-26-10-3-2-4-11-26)39(60)52-32-15-8-19-46-37(58)30(14-7-20-47-43(44)45)50-40(61)34(23-27-24-48-29-13-6-5-12-28(27)29)53-38(59)31(17-18-36(56)57)51-41(62)35-16-9-21-54(35)42(32)63/h2-6,10-13,24,30-35,48H,7-9,14-23H2,1H3,(H,46,58)(H,49,55)(H,50,61)(H,51,62)(H,52,60)(H,53,59)(H,56,57)(H4,44,45,47)/t30-,31+,32-,33-,34-,35-/m0/s1. The molecule has 0 radical (unpaired) electrons. The summed E-state index contributed by atoms with van der Waals surface area (Å²) < 4.78 is 0. The Morgan fingerprint density at radius 3 is 2.27 bits per heavy atom. The number of amides is 7. The Kier molecular flexibility index (Phi) is 17.0. The molecule has 2 aromatic carbocycles. The van der Waals surface area contributed by atoms with Gasteiger partial charge < -0.3 is 58.4 Å². The number of nitrogens with one attached hydrogen (secondary N) is 7. The summed E-state index contributed by atoms with van der Waals surface area (Å²) in [6.45, 7) is 1.57. The fourth-order valence-corrected chi connectivity index (χ4v) is 7.83. The van der Waals surface area contributed by atoms with E-state index in [4.69, 9.17) is 11.5 Å². The maximum absolute atomic E-state index is 14.4. The number of rotatable bonds is 14. The van der Waals surface area contributed by atoms with E-state index in [-0.39, 0.29) is 77.0 Å². The number of carbonyl (C=O) groups is 8. The summed E-state index contributed by atoms with van der Waals surface area (Å²) >= 11 is 0. The molecular weight excluding hydrogens is 815 g/mol. The van der Waals surface area contributed by atoms with Gasteiger partial charge >= 0.3 is 5.97 Å². The van der Waals surface area contributed by atoms with Crippen LogP contribution in [0.15, 0.2) is 65.8 Å². The summed E-state index contributed by atoms with van der Waals surface area (Å²) in [5, 5.41) is 26.7. The lowest BCUT2D eigenvalue weighted by Gasteiger charge is -2.31. The van der Waals surface area contributed by atoms with E-state index in [2.05, 4.69) is 41.9 Å². The smallest absolute Gasteiger partial charge is 0.303 e. The summed E-state index contributed by atoms with van der Waals surface area (Å²) in [6, 6.07) is 9.08. The van der Waals surface area contributed by atoms with Gasteiger partial charge in [0.15, 0.2) is 5.96 Å². The fourth-order valence-electron chi connectivity index (χ4n) is 7.83. The van der Waals surface area contributed by atoms with Gasteiger partial charge in [-0.3, -0.25) is 43.3 Å². The number of carboxylic acid groups (broad SMARTS) is 1. The van der Waals surface area contributed by atoms with Crippen LogP contribution in [0.25, 0.3) is 10.9 Å². The van der Waals surface area contributed by atoms with Crippen molar-refractivity contribution < 1.29 is 43.5 Å². The van der Waals surface area contributed by atoms with Gasteiger partial charge in [-0.05, 0) is 62.1 Å². The number of H-pyrrole nitrogens is 1. The first-order valence-electron chi connectivity index (χ1n) is 21.1. The van der Waals surface area contributed by atoms with Crippen molar-refractivity contribution in [2.45, 2.75) is 107 Å². The number of aliphatic carboxylic acids is 1. The van der Waals surface area contributed by atoms with E-state index in [1.54, 1.807) is 30.5 Å². The van der Waals surface area contributed by atoms with Crippen LogP contribution in [0.3, 0.4) is 0 Å². The maximum Gasteiger partial charge on any atom is 0.303 e. The van der Waals surface area contributed by atoms with Gasteiger partial charge in [0.05, 0.1) is 0 Å². The van der Waals surface area contributed by atoms with Gasteiger partial charge in [-0.25, -0.2) is 0 Å². The molecule has 0 saturated carbocycles. The molecule has 3 aromatic rings. The molecule has 2 aliphatic heterocycles. The molecule has 20 heteroatoms. The van der Waals surface area contributed by atoms with Crippen LogP contribution in [-0.4, -0.2) is 124 Å². The van der Waals surface area contributed by atoms with Gasteiger partial charge in [0, 0.05) is 62.9 Å². The van der Waals surface area contributed by atoms with Crippen molar-refractivity contribution in [1.82, 2.24) is 41.8 Å². The maximum atomic E-state index is 14.4. The molecule has 0 spiro atoms. The molecule has 2 fully saturated rings. The summed E-state index contributed by atoms with van der Waals surface area (Å²) in [5.41, 5.74) is 13.2. The van der Waals surface area contributed by atoms with E-state index in [9.17, 15) is 43.5 Å². The van der Waals surface area contributed by atoms with E-state index < -0.39 is 90.0 Å². The molecule has 3 heterocycles. The fraction of sp³-hybridized carbons (Fsp3) is 0.465. The van der Waals surface area contributed by atoms with Crippen molar-refractivity contribution in [3.05, 3.63) is 71.9 Å². The van der Waals surface area contributed by atoms with Crippen LogP contribution in [0.1, 0.15) is 69.4 Å². The van der Waals surface area contributed by atoms with Crippen molar-refractivity contribution in [1.29, 1.82) is 0 Å². The van der Waals surface area contributed by atoms with Crippen LogP contribution in [-0.2, 0) is 51.2 Å². The second-order valence-electron chi connectivity index (χ2n) is 15.8. The van der Waals surface area contributed by atoms with Crippen molar-refractivity contribution in [2.75, 3.05) is 19.6 Å². The Morgan fingerprint density at radius 1 is 0.857 bits per heavy atom. The molecule has 0 bridgehead atoms. The van der Waals surface area contributed by atoms with Crippen LogP contribution in [0.5, 0.6) is 0 Å². The number of guanidine groups is 1. The van der Waals surface area contributed by atoms with Gasteiger partial charge in [-0.1, -0.05) is 48.5 Å². The minimum absolute atomic E-state index is 0.00563. The first kappa shape index (κ1) is 47.1. The number of carboxylic acids is 1. The quantitative estimate of drug-likeness (QED) is 0.0544. The van der Waals surface area contributed by atoms with Crippen molar-refractivity contribution in [3.8, 4) is 0 Å². The molecule has 12 N–H and O–H groups in total. The first-order valence-corrected chi connectivity index (χ1v) is 21.1. The Bertz CT molecular complexity index is 2160. The van der Waals surface area contributed by atoms with Crippen LogP contribution in [0.2, 0.25) is 0 Å². The van der Waals surface area contributed by atoms with Crippen molar-refractivity contribution in [3.63, 3.8) is 0 Å². The largest absolute Gasteiger partial charge is 0.481 e. The SMILES string of the molecule is CC(=O)N[C@@H](Cc1ccccc1)C(=O)N[C@H]1CCCNC(=O)[C@H](CCCN=C(N)N)NC(=O)[C@H](Cc2c[nH]c3ccccc23)NC(=O)[C@@H](CCC(=O)O)NC(=O)[C@@H]2CCCN2C1=O. The Labute approximate surface area is 364 Å². The van der Waals surface area contributed by atoms with E-state index in [1.165, 1.54) is 11.8 Å². The summed E-state index contributed by atoms with van der Waals surface area (Å²) in [5.74, 6) is -5.96. The zero-order valence-corrected chi connectivity index (χ0v) is 35.2. The molecule has 1 aromatic heterocycles. The number of hydrogen-bond donors (Lipinski definition) is 10. The van der Waals surface area contributed by atoms with Crippen molar-refractivity contribution >= 4 is 64.2 Å². The summed E-state index contributed by atoms with van der Waals surface area (Å²) in [7, 11) is 0. The van der Waals surface area contributed by atoms with Gasteiger partial charge in [-0.15, -0.1) is 0 Å². The number of nitrogens with two attached hydrogens (primary N) is 2. The normalized spacial score (nSPS) is 22.0. The third kappa shape index (κ3) is 13.8. The van der Waals surface area contributed by atoms with Gasteiger partial charge in [-0.2, -0.15) is 0 Å². The molecule has 0 unspecified atom stereocenters. The molecule has 20 nitrogen and oxygen atoms in total. The number of carbonyl (C=O) groups excluding carboxylic acids is 7. The molecule has 2 saturated heterocycles. The zero-order chi connectivity index (χ0) is 45.5. The highest BCUT2D eigenvalue weighted by molar-refractivity contribution is 5.98. The third-order valence-corrected chi connectivity index (χ3v) is 11.0. The average molecular weight is 872 g/mol. The minimum atomic E-state index is -1.45. The van der Waals surface area contributed by atoms with Gasteiger partial charge in [0.2, 0.25) is 41.4 Å². The highest BCUT2D eigenvalue weighted by Gasteiger charge is 2.40.